The fraction of sp³-hybridized carbons (Fsp3) is 0.385. The van der Waals surface area contributed by atoms with Crippen LogP contribution in [0.3, 0.4) is 0 Å². The van der Waals surface area contributed by atoms with Crippen LogP contribution in [-0.4, -0.2) is 36.6 Å². The second-order valence-corrected chi connectivity index (χ2v) is 3.87. The van der Waals surface area contributed by atoms with E-state index in [4.69, 9.17) is 14.7 Å². The number of amides is 1. The molecule has 0 fully saturated rings. The van der Waals surface area contributed by atoms with E-state index in [1.807, 2.05) is 25.1 Å². The lowest BCUT2D eigenvalue weighted by Crippen LogP contribution is -2.46. The zero-order valence-electron chi connectivity index (χ0n) is 10.1. The maximum atomic E-state index is 12.1. The minimum atomic E-state index is -0.673. The number of likely N-dealkylation sites (N-methyl/N-ethyl adjacent to an activating group) is 1. The van der Waals surface area contributed by atoms with Gasteiger partial charge in [0.1, 0.15) is 13.2 Å². The highest BCUT2D eigenvalue weighted by molar-refractivity contribution is 5.82. The number of rotatable bonds is 3. The zero-order chi connectivity index (χ0) is 13.0. The third-order valence-electron chi connectivity index (χ3n) is 2.74. The molecule has 18 heavy (non-hydrogen) atoms. The van der Waals surface area contributed by atoms with Crippen LogP contribution in [0, 0.1) is 11.3 Å². The summed E-state index contributed by atoms with van der Waals surface area (Å²) in [6.45, 7) is 2.55. The predicted molar refractivity (Wildman–Crippen MR) is 64.2 cm³/mol. The van der Waals surface area contributed by atoms with Gasteiger partial charge in [-0.1, -0.05) is 12.1 Å². The van der Waals surface area contributed by atoms with Gasteiger partial charge in [-0.3, -0.25) is 4.79 Å². The van der Waals surface area contributed by atoms with Gasteiger partial charge in [-0.15, -0.1) is 0 Å². The van der Waals surface area contributed by atoms with Crippen molar-refractivity contribution in [1.82, 2.24) is 4.90 Å². The van der Waals surface area contributed by atoms with Gasteiger partial charge < -0.3 is 14.4 Å². The summed E-state index contributed by atoms with van der Waals surface area (Å²) >= 11 is 0. The Bertz CT molecular complexity index is 481. The Labute approximate surface area is 106 Å². The summed E-state index contributed by atoms with van der Waals surface area (Å²) in [5, 5.41) is 8.66. The molecule has 5 heteroatoms. The maximum absolute atomic E-state index is 12.1. The Morgan fingerprint density at radius 3 is 2.89 bits per heavy atom. The van der Waals surface area contributed by atoms with E-state index in [0.717, 1.165) is 0 Å². The second-order valence-electron chi connectivity index (χ2n) is 3.87. The average Bonchev–Trinajstić information content (AvgIpc) is 2.43. The zero-order valence-corrected chi connectivity index (χ0v) is 10.1. The average molecular weight is 246 g/mol. The van der Waals surface area contributed by atoms with Crippen LogP contribution in [-0.2, 0) is 4.79 Å². The lowest BCUT2D eigenvalue weighted by molar-refractivity contribution is -0.140. The summed E-state index contributed by atoms with van der Waals surface area (Å²) in [6, 6.07) is 9.19. The van der Waals surface area contributed by atoms with Gasteiger partial charge in [0, 0.05) is 6.54 Å². The monoisotopic (exact) mass is 246 g/mol. The van der Waals surface area contributed by atoms with E-state index >= 15 is 0 Å². The molecule has 0 radical (unpaired) electrons. The molecule has 1 aliphatic rings. The molecule has 0 spiro atoms. The topological polar surface area (TPSA) is 62.6 Å². The molecule has 0 bridgehead atoms. The molecule has 0 aliphatic carbocycles. The summed E-state index contributed by atoms with van der Waals surface area (Å²) in [6.07, 6.45) is -0.673. The van der Waals surface area contributed by atoms with E-state index in [9.17, 15) is 4.79 Å². The van der Waals surface area contributed by atoms with Crippen LogP contribution in [0.4, 0.5) is 0 Å². The normalized spacial score (nSPS) is 16.8. The highest BCUT2D eigenvalue weighted by Gasteiger charge is 2.30. The van der Waals surface area contributed by atoms with Gasteiger partial charge in [0.15, 0.2) is 11.5 Å². The molecule has 1 atom stereocenters. The van der Waals surface area contributed by atoms with Gasteiger partial charge >= 0.3 is 0 Å². The Balaban J connectivity index is 2.09. The Hall–Kier alpha value is -2.22. The minimum absolute atomic E-state index is 0.0663. The first kappa shape index (κ1) is 12.2. The summed E-state index contributed by atoms with van der Waals surface area (Å²) in [4.78, 5) is 13.5. The highest BCUT2D eigenvalue weighted by atomic mass is 16.6. The van der Waals surface area contributed by atoms with Crippen molar-refractivity contribution in [1.29, 1.82) is 5.26 Å². The number of benzene rings is 1. The van der Waals surface area contributed by atoms with Crippen LogP contribution < -0.4 is 9.47 Å². The molecule has 1 aromatic rings. The Morgan fingerprint density at radius 2 is 2.22 bits per heavy atom. The standard InChI is InChI=1S/C13H14N2O3/c1-2-15(8-7-14)13(16)12-9-17-10-5-3-4-6-11(10)18-12/h3-6,12H,2,8-9H2,1H3. The number of hydrogen-bond acceptors (Lipinski definition) is 4. The quantitative estimate of drug-likeness (QED) is 0.752. The van der Waals surface area contributed by atoms with Crippen molar-refractivity contribution in [3.63, 3.8) is 0 Å². The summed E-state index contributed by atoms with van der Waals surface area (Å²) < 4.78 is 11.1. The van der Waals surface area contributed by atoms with E-state index in [1.165, 1.54) is 4.90 Å². The third-order valence-corrected chi connectivity index (χ3v) is 2.74. The van der Waals surface area contributed by atoms with E-state index in [0.29, 0.717) is 18.0 Å². The number of nitrogens with zero attached hydrogens (tertiary/aromatic N) is 2. The summed E-state index contributed by atoms with van der Waals surface area (Å²) in [7, 11) is 0. The van der Waals surface area contributed by atoms with Crippen LogP contribution >= 0.6 is 0 Å². The molecule has 1 aromatic carbocycles. The van der Waals surface area contributed by atoms with Crippen molar-refractivity contribution in [3.8, 4) is 17.6 Å². The largest absolute Gasteiger partial charge is 0.485 e. The number of hydrogen-bond donors (Lipinski definition) is 0. The molecule has 2 rings (SSSR count). The predicted octanol–water partition coefficient (Wildman–Crippen LogP) is 1.20. The SMILES string of the molecule is CCN(CC#N)C(=O)C1COc2ccccc2O1. The van der Waals surface area contributed by atoms with Gasteiger partial charge in [0.05, 0.1) is 6.07 Å². The molecule has 0 saturated heterocycles. The van der Waals surface area contributed by atoms with Crippen molar-refractivity contribution >= 4 is 5.91 Å². The number of para-hydroxylation sites is 2. The molecule has 0 N–H and O–H groups in total. The molecule has 1 amide bonds. The first-order chi connectivity index (χ1) is 8.76. The second kappa shape index (κ2) is 5.41. The smallest absolute Gasteiger partial charge is 0.268 e. The molecule has 1 unspecified atom stereocenters. The van der Waals surface area contributed by atoms with Crippen molar-refractivity contribution < 1.29 is 14.3 Å². The highest BCUT2D eigenvalue weighted by Crippen LogP contribution is 2.31. The van der Waals surface area contributed by atoms with Crippen LogP contribution in [0.25, 0.3) is 0 Å². The molecular formula is C13H14N2O3. The number of fused-ring (bicyclic) bond motifs is 1. The van der Waals surface area contributed by atoms with Crippen molar-refractivity contribution in [2.45, 2.75) is 13.0 Å². The lowest BCUT2D eigenvalue weighted by Gasteiger charge is -2.29. The van der Waals surface area contributed by atoms with Crippen molar-refractivity contribution in [2.24, 2.45) is 0 Å². The van der Waals surface area contributed by atoms with Gasteiger partial charge in [-0.25, -0.2) is 0 Å². The summed E-state index contributed by atoms with van der Waals surface area (Å²) in [5.74, 6) is 0.994. The molecule has 1 heterocycles. The molecule has 94 valence electrons. The molecule has 0 aromatic heterocycles. The van der Waals surface area contributed by atoms with Gasteiger partial charge in [-0.05, 0) is 19.1 Å². The maximum Gasteiger partial charge on any atom is 0.268 e. The Kier molecular flexibility index (Phi) is 3.68. The Morgan fingerprint density at radius 1 is 1.50 bits per heavy atom. The van der Waals surface area contributed by atoms with Gasteiger partial charge in [-0.2, -0.15) is 5.26 Å². The van der Waals surface area contributed by atoms with E-state index in [-0.39, 0.29) is 19.1 Å². The lowest BCUT2D eigenvalue weighted by atomic mass is 10.2. The van der Waals surface area contributed by atoms with E-state index in [2.05, 4.69) is 0 Å². The van der Waals surface area contributed by atoms with Crippen LogP contribution in [0.1, 0.15) is 6.92 Å². The third kappa shape index (κ3) is 2.38. The van der Waals surface area contributed by atoms with Crippen LogP contribution in [0.15, 0.2) is 24.3 Å². The molecular weight excluding hydrogens is 232 g/mol. The van der Waals surface area contributed by atoms with Crippen LogP contribution in [0.5, 0.6) is 11.5 Å². The number of ether oxygens (including phenoxy) is 2. The fourth-order valence-electron chi connectivity index (χ4n) is 1.78. The number of carbonyl (C=O) groups is 1. The van der Waals surface area contributed by atoms with Crippen molar-refractivity contribution in [3.05, 3.63) is 24.3 Å². The van der Waals surface area contributed by atoms with E-state index in [1.54, 1.807) is 12.1 Å². The summed E-state index contributed by atoms with van der Waals surface area (Å²) in [5.41, 5.74) is 0. The first-order valence-corrected chi connectivity index (χ1v) is 5.80. The molecule has 5 nitrogen and oxygen atoms in total. The van der Waals surface area contributed by atoms with Gasteiger partial charge in [0.2, 0.25) is 6.10 Å². The van der Waals surface area contributed by atoms with E-state index < -0.39 is 6.10 Å². The van der Waals surface area contributed by atoms with Crippen LogP contribution in [0.2, 0.25) is 0 Å². The fourth-order valence-corrected chi connectivity index (χ4v) is 1.78. The van der Waals surface area contributed by atoms with Gasteiger partial charge in [0.25, 0.3) is 5.91 Å². The molecule has 0 saturated carbocycles. The molecule has 1 aliphatic heterocycles. The number of nitriles is 1. The van der Waals surface area contributed by atoms with Crippen molar-refractivity contribution in [2.75, 3.05) is 19.7 Å². The first-order valence-electron chi connectivity index (χ1n) is 5.80. The number of carbonyl (C=O) groups excluding carboxylic acids is 1. The minimum Gasteiger partial charge on any atom is -0.485 e.